The van der Waals surface area contributed by atoms with Crippen molar-refractivity contribution in [1.82, 2.24) is 5.32 Å². The van der Waals surface area contributed by atoms with Gasteiger partial charge in [0.1, 0.15) is 5.75 Å². The zero-order valence-corrected chi connectivity index (χ0v) is 19.3. The summed E-state index contributed by atoms with van der Waals surface area (Å²) in [5.41, 5.74) is 0.0266. The molecule has 2 aromatic rings. The Kier molecular flexibility index (Phi) is 7.49. The molecule has 1 atom stereocenters. The van der Waals surface area contributed by atoms with Gasteiger partial charge < -0.3 is 10.1 Å². The molecule has 0 heterocycles. The molecule has 0 radical (unpaired) electrons. The van der Waals surface area contributed by atoms with Gasteiger partial charge in [-0.25, -0.2) is 8.42 Å². The number of rotatable bonds is 8. The third-order valence-electron chi connectivity index (χ3n) is 5.08. The fourth-order valence-corrected chi connectivity index (χ4v) is 3.55. The molecule has 2 aromatic carbocycles. The fraction of sp³-hybridized carbons (Fsp3) is 0.409. The van der Waals surface area contributed by atoms with Crippen molar-refractivity contribution in [3.63, 3.8) is 0 Å². The minimum Gasteiger partial charge on any atom is -0.484 e. The highest BCUT2D eigenvalue weighted by atomic mass is 32.2. The molecule has 0 aliphatic heterocycles. The molecule has 0 fully saturated rings. The summed E-state index contributed by atoms with van der Waals surface area (Å²) in [5.74, 6) is -0.130. The Labute approximate surface area is 186 Å². The van der Waals surface area contributed by atoms with Gasteiger partial charge in [0.05, 0.1) is 23.4 Å². The second-order valence-corrected chi connectivity index (χ2v) is 9.92. The van der Waals surface area contributed by atoms with Gasteiger partial charge in [0.15, 0.2) is 6.61 Å². The number of hydrogen-bond donors (Lipinski definition) is 2. The second-order valence-electron chi connectivity index (χ2n) is 8.17. The number of benzene rings is 2. The van der Waals surface area contributed by atoms with Crippen LogP contribution in [-0.2, 0) is 20.2 Å². The summed E-state index contributed by atoms with van der Waals surface area (Å²) in [6.45, 7) is 5.41. The molecule has 2 rings (SSSR count). The summed E-state index contributed by atoms with van der Waals surface area (Å²) >= 11 is 0. The Morgan fingerprint density at radius 3 is 2.19 bits per heavy atom. The van der Waals surface area contributed by atoms with E-state index in [2.05, 4.69) is 10.0 Å². The lowest BCUT2D eigenvalue weighted by Gasteiger charge is -2.28. The molecular formula is C22H27F3N2O4S. The van der Waals surface area contributed by atoms with E-state index in [1.165, 1.54) is 24.3 Å². The SMILES string of the molecule is Cc1cc(C(C)NC(=O)COc2ccc(C(C)(C)C(F)(F)F)cc2)ccc1NS(C)(=O)=O. The second kappa shape index (κ2) is 9.40. The first-order chi connectivity index (χ1) is 14.6. The smallest absolute Gasteiger partial charge is 0.397 e. The number of nitrogens with one attached hydrogen (secondary N) is 2. The zero-order valence-electron chi connectivity index (χ0n) is 18.5. The van der Waals surface area contributed by atoms with E-state index in [0.717, 1.165) is 25.7 Å². The number of sulfonamides is 1. The van der Waals surface area contributed by atoms with Gasteiger partial charge in [-0.2, -0.15) is 13.2 Å². The van der Waals surface area contributed by atoms with Crippen molar-refractivity contribution in [2.24, 2.45) is 0 Å². The van der Waals surface area contributed by atoms with Crippen molar-refractivity contribution in [3.8, 4) is 5.75 Å². The molecule has 32 heavy (non-hydrogen) atoms. The van der Waals surface area contributed by atoms with Crippen molar-refractivity contribution < 1.29 is 31.1 Å². The first-order valence-electron chi connectivity index (χ1n) is 9.78. The molecule has 2 N–H and O–H groups in total. The first kappa shape index (κ1) is 25.5. The molecule has 0 saturated heterocycles. The number of aryl methyl sites for hydroxylation is 1. The molecule has 6 nitrogen and oxygen atoms in total. The van der Waals surface area contributed by atoms with Gasteiger partial charge in [0.25, 0.3) is 5.91 Å². The molecule has 10 heteroatoms. The molecule has 0 aromatic heterocycles. The van der Waals surface area contributed by atoms with Gasteiger partial charge in [-0.3, -0.25) is 9.52 Å². The van der Waals surface area contributed by atoms with Crippen molar-refractivity contribution in [1.29, 1.82) is 0 Å². The van der Waals surface area contributed by atoms with Crippen molar-refractivity contribution in [2.75, 3.05) is 17.6 Å². The van der Waals surface area contributed by atoms with Crippen LogP contribution in [0.4, 0.5) is 18.9 Å². The predicted molar refractivity (Wildman–Crippen MR) is 117 cm³/mol. The maximum absolute atomic E-state index is 13.1. The van der Waals surface area contributed by atoms with E-state index >= 15 is 0 Å². The van der Waals surface area contributed by atoms with Crippen molar-refractivity contribution in [3.05, 3.63) is 59.2 Å². The molecule has 1 amide bonds. The molecule has 0 saturated carbocycles. The van der Waals surface area contributed by atoms with Crippen LogP contribution in [0.15, 0.2) is 42.5 Å². The zero-order chi connectivity index (χ0) is 24.3. The Morgan fingerprint density at radius 2 is 1.69 bits per heavy atom. The van der Waals surface area contributed by atoms with E-state index in [4.69, 9.17) is 4.74 Å². The predicted octanol–water partition coefficient (Wildman–Crippen LogP) is 4.46. The van der Waals surface area contributed by atoms with Gasteiger partial charge >= 0.3 is 6.18 Å². The van der Waals surface area contributed by atoms with Gasteiger partial charge in [-0.15, -0.1) is 0 Å². The van der Waals surface area contributed by atoms with Crippen LogP contribution in [0.5, 0.6) is 5.75 Å². The van der Waals surface area contributed by atoms with Crippen LogP contribution >= 0.6 is 0 Å². The maximum atomic E-state index is 13.1. The Bertz CT molecular complexity index is 1070. The number of hydrogen-bond acceptors (Lipinski definition) is 4. The van der Waals surface area contributed by atoms with Crippen LogP contribution in [0.3, 0.4) is 0 Å². The van der Waals surface area contributed by atoms with E-state index in [9.17, 15) is 26.4 Å². The lowest BCUT2D eigenvalue weighted by atomic mass is 9.84. The highest BCUT2D eigenvalue weighted by Crippen LogP contribution is 2.40. The van der Waals surface area contributed by atoms with E-state index in [1.54, 1.807) is 32.0 Å². The molecule has 0 bridgehead atoms. The highest BCUT2D eigenvalue weighted by Gasteiger charge is 2.48. The number of amides is 1. The molecule has 0 aliphatic carbocycles. The topological polar surface area (TPSA) is 84.5 Å². The third-order valence-corrected chi connectivity index (χ3v) is 5.67. The van der Waals surface area contributed by atoms with Crippen LogP contribution in [0.1, 0.15) is 43.5 Å². The Balaban J connectivity index is 1.95. The molecular weight excluding hydrogens is 445 g/mol. The monoisotopic (exact) mass is 472 g/mol. The van der Waals surface area contributed by atoms with Crippen molar-refractivity contribution in [2.45, 2.75) is 45.3 Å². The number of carbonyl (C=O) groups excluding carboxylic acids is 1. The van der Waals surface area contributed by atoms with Crippen LogP contribution in [0.2, 0.25) is 0 Å². The standard InChI is InChI=1S/C22H27F3N2O4S/c1-14-12-16(6-11-19(14)27-32(5,29)30)15(2)26-20(28)13-31-18-9-7-17(8-10-18)21(3,4)22(23,24)25/h6-12,15,27H,13H2,1-5H3,(H,26,28). The first-order valence-corrected chi connectivity index (χ1v) is 11.7. The lowest BCUT2D eigenvalue weighted by molar-refractivity contribution is -0.180. The molecule has 0 aliphatic rings. The molecule has 176 valence electrons. The number of anilines is 1. The van der Waals surface area contributed by atoms with Crippen LogP contribution in [-0.4, -0.2) is 33.4 Å². The molecule has 1 unspecified atom stereocenters. The summed E-state index contributed by atoms with van der Waals surface area (Å²) in [4.78, 5) is 12.2. The number of carbonyl (C=O) groups is 1. The summed E-state index contributed by atoms with van der Waals surface area (Å²) in [6.07, 6.45) is -3.32. The highest BCUT2D eigenvalue weighted by molar-refractivity contribution is 7.92. The summed E-state index contributed by atoms with van der Waals surface area (Å²) in [6, 6.07) is 10.2. The van der Waals surface area contributed by atoms with Gasteiger partial charge in [0.2, 0.25) is 10.0 Å². The Hall–Kier alpha value is -2.75. The number of ether oxygens (including phenoxy) is 1. The fourth-order valence-electron chi connectivity index (χ4n) is 2.92. The van der Waals surface area contributed by atoms with E-state index in [0.29, 0.717) is 11.3 Å². The average molecular weight is 473 g/mol. The van der Waals surface area contributed by atoms with Crippen LogP contribution in [0, 0.1) is 6.92 Å². The summed E-state index contributed by atoms with van der Waals surface area (Å²) in [7, 11) is -3.40. The molecule has 0 spiro atoms. The van der Waals surface area contributed by atoms with Gasteiger partial charge in [-0.05, 0) is 62.6 Å². The van der Waals surface area contributed by atoms with E-state index in [1.807, 2.05) is 0 Å². The van der Waals surface area contributed by atoms with Crippen molar-refractivity contribution >= 4 is 21.6 Å². The largest absolute Gasteiger partial charge is 0.484 e. The van der Waals surface area contributed by atoms with E-state index in [-0.39, 0.29) is 24.0 Å². The third kappa shape index (κ3) is 6.62. The number of halogens is 3. The average Bonchev–Trinajstić information content (AvgIpc) is 2.66. The minimum absolute atomic E-state index is 0.0969. The van der Waals surface area contributed by atoms with Gasteiger partial charge in [-0.1, -0.05) is 24.3 Å². The van der Waals surface area contributed by atoms with Gasteiger partial charge in [0, 0.05) is 0 Å². The summed E-state index contributed by atoms with van der Waals surface area (Å²) < 4.78 is 70.0. The summed E-state index contributed by atoms with van der Waals surface area (Å²) in [5, 5.41) is 2.77. The quantitative estimate of drug-likeness (QED) is 0.594. The Morgan fingerprint density at radius 1 is 1.09 bits per heavy atom. The minimum atomic E-state index is -4.39. The number of alkyl halides is 3. The van der Waals surface area contributed by atoms with Crippen LogP contribution < -0.4 is 14.8 Å². The van der Waals surface area contributed by atoms with E-state index < -0.39 is 27.5 Å². The maximum Gasteiger partial charge on any atom is 0.397 e. The lowest BCUT2D eigenvalue weighted by Crippen LogP contribution is -2.36. The van der Waals surface area contributed by atoms with Crippen LogP contribution in [0.25, 0.3) is 0 Å². The normalized spacial score (nSPS) is 13.4.